The molecule has 2 aliphatic heterocycles. The number of alkyl halides is 1. The highest BCUT2D eigenvalue weighted by atomic mass is 19.1. The average molecular weight is 541 g/mol. The van der Waals surface area contributed by atoms with Gasteiger partial charge in [0.05, 0.1) is 37.6 Å². The van der Waals surface area contributed by atoms with Gasteiger partial charge in [0.25, 0.3) is 0 Å². The zero-order chi connectivity index (χ0) is 27.9. The van der Waals surface area contributed by atoms with Gasteiger partial charge in [-0.25, -0.2) is 23.8 Å². The number of nitrogens with zero attached hydrogens (tertiary/aromatic N) is 6. The van der Waals surface area contributed by atoms with E-state index >= 15 is 4.39 Å². The zero-order valence-corrected chi connectivity index (χ0v) is 23.2. The van der Waals surface area contributed by atoms with Crippen LogP contribution in [0.15, 0.2) is 24.4 Å². The molecule has 2 fully saturated rings. The number of carbonyl (C=O) groups is 1. The fourth-order valence-corrected chi connectivity index (χ4v) is 5.38. The van der Waals surface area contributed by atoms with Crippen molar-refractivity contribution in [2.45, 2.75) is 64.8 Å². The molecule has 11 heteroatoms. The summed E-state index contributed by atoms with van der Waals surface area (Å²) in [5, 5.41) is 15.1. The van der Waals surface area contributed by atoms with Crippen molar-refractivity contribution in [3.8, 4) is 5.82 Å². The van der Waals surface area contributed by atoms with Crippen molar-refractivity contribution in [3.63, 3.8) is 0 Å². The van der Waals surface area contributed by atoms with Gasteiger partial charge in [-0.1, -0.05) is 0 Å². The number of halogens is 1. The number of piperidine rings is 1. The molecule has 1 amide bonds. The van der Waals surface area contributed by atoms with Crippen LogP contribution in [-0.4, -0.2) is 93.1 Å². The fourth-order valence-electron chi connectivity index (χ4n) is 5.38. The van der Waals surface area contributed by atoms with Crippen LogP contribution < -0.4 is 4.90 Å². The number of morpholine rings is 1. The summed E-state index contributed by atoms with van der Waals surface area (Å²) in [5.41, 5.74) is 2.10. The first kappa shape index (κ1) is 27.3. The molecule has 0 radical (unpaired) electrons. The Labute approximate surface area is 227 Å². The highest BCUT2D eigenvalue weighted by Crippen LogP contribution is 2.35. The van der Waals surface area contributed by atoms with E-state index in [4.69, 9.17) is 9.47 Å². The lowest BCUT2D eigenvalue weighted by atomic mass is 9.85. The maximum absolute atomic E-state index is 15.6. The molecule has 0 spiro atoms. The summed E-state index contributed by atoms with van der Waals surface area (Å²) in [7, 11) is 0. The molecule has 0 unspecified atom stereocenters. The molecular formula is C28H37FN6O4. The van der Waals surface area contributed by atoms with E-state index in [-0.39, 0.29) is 25.2 Å². The third-order valence-electron chi connectivity index (χ3n) is 7.24. The minimum Gasteiger partial charge on any atom is -0.444 e. The van der Waals surface area contributed by atoms with E-state index in [1.54, 1.807) is 31.6 Å². The minimum absolute atomic E-state index is 0.000826. The van der Waals surface area contributed by atoms with Crippen LogP contribution in [0.5, 0.6) is 0 Å². The first-order valence-corrected chi connectivity index (χ1v) is 13.5. The molecule has 0 saturated carbocycles. The third-order valence-corrected chi connectivity index (χ3v) is 7.24. The molecule has 2 aliphatic rings. The largest absolute Gasteiger partial charge is 0.444 e. The Morgan fingerprint density at radius 1 is 1.15 bits per heavy atom. The Bertz CT molecular complexity index is 1360. The summed E-state index contributed by atoms with van der Waals surface area (Å²) < 4.78 is 28.4. The third kappa shape index (κ3) is 5.84. The summed E-state index contributed by atoms with van der Waals surface area (Å²) in [6.45, 7) is 11.3. The van der Waals surface area contributed by atoms with Crippen molar-refractivity contribution in [1.82, 2.24) is 24.6 Å². The Hall–Kier alpha value is -3.31. The number of carbonyl (C=O) groups excluding carboxylic acids is 1. The molecule has 3 atom stereocenters. The number of anilines is 1. The predicted octanol–water partition coefficient (Wildman–Crippen LogP) is 3.69. The number of hydrogen-bond donors (Lipinski definition) is 1. The monoisotopic (exact) mass is 540 g/mol. The van der Waals surface area contributed by atoms with Gasteiger partial charge in [0.15, 0.2) is 5.82 Å². The summed E-state index contributed by atoms with van der Waals surface area (Å²) in [5.74, 6) is 1.62. The van der Waals surface area contributed by atoms with Crippen LogP contribution >= 0.6 is 0 Å². The highest BCUT2D eigenvalue weighted by molar-refractivity contribution is 5.82. The second-order valence-corrected chi connectivity index (χ2v) is 11.4. The number of aromatic nitrogens is 4. The molecule has 1 aromatic carbocycles. The van der Waals surface area contributed by atoms with E-state index in [0.717, 1.165) is 27.8 Å². The lowest BCUT2D eigenvalue weighted by Crippen LogP contribution is -2.46. The number of likely N-dealkylation sites (tertiary alicyclic amines) is 1. The topological polar surface area (TPSA) is 106 Å². The standard InChI is InChI=1S/C28H37FN6O4/c1-17-10-19-13-30-35(26-12-25(31-18(2)32-26)33-8-9-38-20(14-33)16-36)24(19)11-22(17)21-6-7-34(15-23(21)29)27(37)39-28(3,4)5/h10-13,20-21,23,36H,6-9,14-16H2,1-5H3/t20-,21+,23+/m0/s1. The van der Waals surface area contributed by atoms with Gasteiger partial charge in [0.1, 0.15) is 23.4 Å². The Kier molecular flexibility index (Phi) is 7.47. The number of aliphatic hydroxyl groups excluding tert-OH is 1. The first-order chi connectivity index (χ1) is 18.5. The van der Waals surface area contributed by atoms with Gasteiger partial charge in [-0.2, -0.15) is 5.10 Å². The van der Waals surface area contributed by atoms with Gasteiger partial charge in [0.2, 0.25) is 0 Å². The van der Waals surface area contributed by atoms with Gasteiger partial charge in [-0.05, 0) is 64.3 Å². The van der Waals surface area contributed by atoms with Gasteiger partial charge in [-0.15, -0.1) is 0 Å². The molecule has 2 aromatic heterocycles. The van der Waals surface area contributed by atoms with Crippen LogP contribution in [0.3, 0.4) is 0 Å². The van der Waals surface area contributed by atoms with E-state index in [9.17, 15) is 9.90 Å². The van der Waals surface area contributed by atoms with Crippen molar-refractivity contribution in [2.75, 3.05) is 44.3 Å². The maximum Gasteiger partial charge on any atom is 0.410 e. The summed E-state index contributed by atoms with van der Waals surface area (Å²) in [6, 6.07) is 5.92. The molecule has 0 aliphatic carbocycles. The number of ether oxygens (including phenoxy) is 2. The molecule has 10 nitrogen and oxygen atoms in total. The molecule has 3 aromatic rings. The molecular weight excluding hydrogens is 503 g/mol. The van der Waals surface area contributed by atoms with Gasteiger partial charge < -0.3 is 24.4 Å². The normalized spacial score (nSPS) is 22.4. The number of benzene rings is 1. The van der Waals surface area contributed by atoms with Crippen molar-refractivity contribution in [1.29, 1.82) is 0 Å². The van der Waals surface area contributed by atoms with Crippen LogP contribution in [0.1, 0.15) is 50.1 Å². The minimum atomic E-state index is -1.22. The quantitative estimate of drug-likeness (QED) is 0.534. The highest BCUT2D eigenvalue weighted by Gasteiger charge is 2.35. The molecule has 5 rings (SSSR count). The van der Waals surface area contributed by atoms with Crippen LogP contribution in [0.4, 0.5) is 15.0 Å². The number of aryl methyl sites for hydroxylation is 2. The summed E-state index contributed by atoms with van der Waals surface area (Å²) >= 11 is 0. The number of rotatable bonds is 4. The molecule has 210 valence electrons. The van der Waals surface area contributed by atoms with E-state index in [2.05, 4.69) is 20.0 Å². The fraction of sp³-hybridized carbons (Fsp3) is 0.571. The van der Waals surface area contributed by atoms with E-state index < -0.39 is 17.9 Å². The predicted molar refractivity (Wildman–Crippen MR) is 145 cm³/mol. The number of amides is 1. The lowest BCUT2D eigenvalue weighted by Gasteiger charge is -2.36. The van der Waals surface area contributed by atoms with Crippen LogP contribution in [0.25, 0.3) is 16.7 Å². The van der Waals surface area contributed by atoms with Gasteiger partial charge in [-0.3, -0.25) is 0 Å². The summed E-state index contributed by atoms with van der Waals surface area (Å²) in [4.78, 5) is 25.3. The van der Waals surface area contributed by atoms with Crippen LogP contribution in [0, 0.1) is 13.8 Å². The molecule has 1 N–H and O–H groups in total. The van der Waals surface area contributed by atoms with Crippen molar-refractivity contribution in [3.05, 3.63) is 41.3 Å². The number of fused-ring (bicyclic) bond motifs is 1. The van der Waals surface area contributed by atoms with Crippen molar-refractivity contribution < 1.29 is 23.8 Å². The number of hydrogen-bond acceptors (Lipinski definition) is 8. The molecule has 0 bridgehead atoms. The zero-order valence-electron chi connectivity index (χ0n) is 23.2. The Morgan fingerprint density at radius 2 is 1.92 bits per heavy atom. The summed E-state index contributed by atoms with van der Waals surface area (Å²) in [6.07, 6.45) is 0.337. The lowest BCUT2D eigenvalue weighted by molar-refractivity contribution is 0.00335. The smallest absolute Gasteiger partial charge is 0.410 e. The molecule has 4 heterocycles. The second kappa shape index (κ2) is 10.7. The first-order valence-electron chi connectivity index (χ1n) is 13.5. The van der Waals surface area contributed by atoms with Crippen LogP contribution in [0.2, 0.25) is 0 Å². The van der Waals surface area contributed by atoms with E-state index in [1.807, 2.05) is 32.0 Å². The van der Waals surface area contributed by atoms with Crippen LogP contribution in [-0.2, 0) is 9.47 Å². The molecule has 39 heavy (non-hydrogen) atoms. The van der Waals surface area contributed by atoms with Gasteiger partial charge in [0, 0.05) is 37.0 Å². The van der Waals surface area contributed by atoms with Crippen molar-refractivity contribution in [2.24, 2.45) is 0 Å². The van der Waals surface area contributed by atoms with E-state index in [1.165, 1.54) is 4.90 Å². The SMILES string of the molecule is Cc1nc(N2CCO[C@H](CO)C2)cc(-n2ncc3cc(C)c([C@H]4CCN(C(=O)OC(C)(C)C)C[C@H]4F)cc32)n1. The van der Waals surface area contributed by atoms with Crippen molar-refractivity contribution >= 4 is 22.8 Å². The Balaban J connectivity index is 1.43. The van der Waals surface area contributed by atoms with E-state index in [0.29, 0.717) is 44.3 Å². The Morgan fingerprint density at radius 3 is 2.64 bits per heavy atom. The number of aliphatic hydroxyl groups is 1. The molecule has 2 saturated heterocycles. The average Bonchev–Trinajstić information content (AvgIpc) is 3.29. The van der Waals surface area contributed by atoms with Gasteiger partial charge >= 0.3 is 6.09 Å². The second-order valence-electron chi connectivity index (χ2n) is 11.4. The maximum atomic E-state index is 15.6.